The van der Waals surface area contributed by atoms with E-state index in [1.54, 1.807) is 23.9 Å². The van der Waals surface area contributed by atoms with Gasteiger partial charge in [0.05, 0.1) is 30.4 Å². The maximum absolute atomic E-state index is 13.4. The Bertz CT molecular complexity index is 1350. The molecule has 9 heteroatoms. The van der Waals surface area contributed by atoms with Crippen LogP contribution in [0.25, 0.3) is 10.8 Å². The summed E-state index contributed by atoms with van der Waals surface area (Å²) in [5.74, 6) is 0.330. The van der Waals surface area contributed by atoms with Gasteiger partial charge in [0.25, 0.3) is 11.5 Å². The molecular weight excluding hydrogens is 430 g/mol. The molecule has 0 aliphatic heterocycles. The van der Waals surface area contributed by atoms with Gasteiger partial charge in [0.2, 0.25) is 0 Å². The molecular formula is C23H20ClN5O3. The second kappa shape index (κ2) is 9.07. The number of anilines is 2. The van der Waals surface area contributed by atoms with Gasteiger partial charge in [-0.05, 0) is 35.2 Å². The zero-order chi connectivity index (χ0) is 22.7. The summed E-state index contributed by atoms with van der Waals surface area (Å²) in [6.07, 6.45) is 1.76. The van der Waals surface area contributed by atoms with E-state index in [-0.39, 0.29) is 16.4 Å². The molecule has 2 heterocycles. The molecule has 0 unspecified atom stereocenters. The van der Waals surface area contributed by atoms with Crippen molar-refractivity contribution in [3.63, 3.8) is 0 Å². The summed E-state index contributed by atoms with van der Waals surface area (Å²) in [5, 5.41) is 14.7. The number of rotatable bonds is 6. The summed E-state index contributed by atoms with van der Waals surface area (Å²) in [7, 11) is 3.11. The van der Waals surface area contributed by atoms with Crippen LogP contribution in [0.4, 0.5) is 11.4 Å². The number of carbonyl (C=O) groups excluding carboxylic acids is 1. The van der Waals surface area contributed by atoms with Gasteiger partial charge in [0, 0.05) is 19.3 Å². The van der Waals surface area contributed by atoms with Gasteiger partial charge >= 0.3 is 0 Å². The standard InChI is InChI=1S/C23H20ClN5O3/c1-25-22(30)21-18(12-19(24)27-28-21)26-17-5-3-4-15-10-11-29(23(31)20(15)17)13-14-6-8-16(32-2)9-7-14/h3-12H,13H2,1-2H3,(H,25,30)(H,26,27). The average molecular weight is 450 g/mol. The number of carbonyl (C=O) groups is 1. The molecule has 0 saturated heterocycles. The average Bonchev–Trinajstić information content (AvgIpc) is 2.81. The van der Waals surface area contributed by atoms with Crippen LogP contribution in [0.2, 0.25) is 5.15 Å². The van der Waals surface area contributed by atoms with Crippen molar-refractivity contribution in [1.29, 1.82) is 0 Å². The zero-order valence-corrected chi connectivity index (χ0v) is 18.2. The summed E-state index contributed by atoms with van der Waals surface area (Å²) in [6.45, 7) is 0.402. The van der Waals surface area contributed by atoms with Crippen molar-refractivity contribution >= 4 is 39.7 Å². The lowest BCUT2D eigenvalue weighted by molar-refractivity contribution is 0.0958. The highest BCUT2D eigenvalue weighted by molar-refractivity contribution is 6.29. The van der Waals surface area contributed by atoms with E-state index in [1.807, 2.05) is 42.5 Å². The number of halogens is 1. The van der Waals surface area contributed by atoms with Crippen molar-refractivity contribution in [3.05, 3.63) is 87.6 Å². The minimum Gasteiger partial charge on any atom is -0.497 e. The van der Waals surface area contributed by atoms with Gasteiger partial charge in [-0.3, -0.25) is 9.59 Å². The lowest BCUT2D eigenvalue weighted by atomic mass is 10.1. The quantitative estimate of drug-likeness (QED) is 0.466. The smallest absolute Gasteiger partial charge is 0.273 e. The molecule has 4 rings (SSSR count). The Kier molecular flexibility index (Phi) is 6.04. The molecule has 0 radical (unpaired) electrons. The van der Waals surface area contributed by atoms with Gasteiger partial charge in [-0.1, -0.05) is 35.9 Å². The normalized spacial score (nSPS) is 10.7. The lowest BCUT2D eigenvalue weighted by Crippen LogP contribution is -2.22. The first kappa shape index (κ1) is 21.3. The van der Waals surface area contributed by atoms with E-state index in [4.69, 9.17) is 16.3 Å². The van der Waals surface area contributed by atoms with E-state index in [0.29, 0.717) is 23.3 Å². The molecule has 1 amide bonds. The fourth-order valence-corrected chi connectivity index (χ4v) is 3.53. The number of ether oxygens (including phenoxy) is 1. The minimum absolute atomic E-state index is 0.0726. The first-order valence-corrected chi connectivity index (χ1v) is 10.2. The van der Waals surface area contributed by atoms with Gasteiger partial charge in [-0.25, -0.2) is 0 Å². The van der Waals surface area contributed by atoms with E-state index in [9.17, 15) is 9.59 Å². The fourth-order valence-electron chi connectivity index (χ4n) is 3.38. The van der Waals surface area contributed by atoms with Gasteiger partial charge in [-0.2, -0.15) is 0 Å². The molecule has 0 fully saturated rings. The lowest BCUT2D eigenvalue weighted by Gasteiger charge is -2.14. The van der Waals surface area contributed by atoms with E-state index in [1.165, 1.54) is 13.1 Å². The number of hydrogen-bond acceptors (Lipinski definition) is 6. The zero-order valence-electron chi connectivity index (χ0n) is 17.4. The summed E-state index contributed by atoms with van der Waals surface area (Å²) >= 11 is 6.00. The fraction of sp³-hybridized carbons (Fsp3) is 0.130. The van der Waals surface area contributed by atoms with Crippen LogP contribution in [0.1, 0.15) is 16.1 Å². The second-order valence-corrected chi connectivity index (χ2v) is 7.39. The van der Waals surface area contributed by atoms with E-state index in [2.05, 4.69) is 20.8 Å². The Morgan fingerprint density at radius 3 is 2.59 bits per heavy atom. The number of aromatic nitrogens is 3. The summed E-state index contributed by atoms with van der Waals surface area (Å²) in [5.41, 5.74) is 1.75. The van der Waals surface area contributed by atoms with Crippen molar-refractivity contribution in [2.24, 2.45) is 0 Å². The Morgan fingerprint density at radius 2 is 1.88 bits per heavy atom. The first-order chi connectivity index (χ1) is 15.5. The Labute approximate surface area is 188 Å². The molecule has 162 valence electrons. The molecule has 0 aliphatic carbocycles. The molecule has 0 spiro atoms. The molecule has 4 aromatic rings. The van der Waals surface area contributed by atoms with Crippen LogP contribution in [0.3, 0.4) is 0 Å². The molecule has 0 aliphatic rings. The van der Waals surface area contributed by atoms with Crippen molar-refractivity contribution in [2.45, 2.75) is 6.54 Å². The number of hydrogen-bond donors (Lipinski definition) is 2. The van der Waals surface area contributed by atoms with Crippen molar-refractivity contribution in [3.8, 4) is 5.75 Å². The Hall–Kier alpha value is -3.91. The number of methoxy groups -OCH3 is 1. The SMILES string of the molecule is CNC(=O)c1nnc(Cl)cc1Nc1cccc2ccn(Cc3ccc(OC)cc3)c(=O)c12. The van der Waals surface area contributed by atoms with Crippen molar-refractivity contribution in [1.82, 2.24) is 20.1 Å². The third kappa shape index (κ3) is 4.26. The van der Waals surface area contributed by atoms with Crippen LogP contribution in [-0.2, 0) is 6.54 Å². The maximum atomic E-state index is 13.4. The topological polar surface area (TPSA) is 98.1 Å². The summed E-state index contributed by atoms with van der Waals surface area (Å²) in [4.78, 5) is 25.6. The van der Waals surface area contributed by atoms with Crippen molar-refractivity contribution < 1.29 is 9.53 Å². The molecule has 32 heavy (non-hydrogen) atoms. The van der Waals surface area contributed by atoms with E-state index < -0.39 is 5.91 Å². The minimum atomic E-state index is -0.422. The molecule has 2 aromatic carbocycles. The maximum Gasteiger partial charge on any atom is 0.273 e. The number of nitrogens with one attached hydrogen (secondary N) is 2. The predicted octanol–water partition coefficient (Wildman–Crippen LogP) is 3.61. The van der Waals surface area contributed by atoms with Gasteiger partial charge in [0.15, 0.2) is 10.8 Å². The third-order valence-electron chi connectivity index (χ3n) is 4.99. The molecule has 2 N–H and O–H groups in total. The Balaban J connectivity index is 1.77. The third-order valence-corrected chi connectivity index (χ3v) is 5.18. The van der Waals surface area contributed by atoms with E-state index >= 15 is 0 Å². The molecule has 0 bridgehead atoms. The van der Waals surface area contributed by atoms with Gasteiger partial charge < -0.3 is 19.9 Å². The molecule has 0 saturated carbocycles. The van der Waals surface area contributed by atoms with Gasteiger partial charge in [0.1, 0.15) is 5.75 Å². The van der Waals surface area contributed by atoms with E-state index in [0.717, 1.165) is 16.7 Å². The van der Waals surface area contributed by atoms with Gasteiger partial charge in [-0.15, -0.1) is 10.2 Å². The predicted molar refractivity (Wildman–Crippen MR) is 124 cm³/mol. The molecule has 8 nitrogen and oxygen atoms in total. The highest BCUT2D eigenvalue weighted by atomic mass is 35.5. The number of nitrogens with zero attached hydrogens (tertiary/aromatic N) is 3. The van der Waals surface area contributed by atoms with Crippen LogP contribution in [-0.4, -0.2) is 34.8 Å². The van der Waals surface area contributed by atoms with Crippen LogP contribution < -0.4 is 20.9 Å². The number of amides is 1. The monoisotopic (exact) mass is 449 g/mol. The van der Waals surface area contributed by atoms with Crippen molar-refractivity contribution in [2.75, 3.05) is 19.5 Å². The number of benzene rings is 2. The summed E-state index contributed by atoms with van der Waals surface area (Å²) in [6, 6.07) is 16.4. The van der Waals surface area contributed by atoms with Crippen LogP contribution in [0.5, 0.6) is 5.75 Å². The number of fused-ring (bicyclic) bond motifs is 1. The highest BCUT2D eigenvalue weighted by Crippen LogP contribution is 2.26. The second-order valence-electron chi connectivity index (χ2n) is 7.00. The van der Waals surface area contributed by atoms with Crippen LogP contribution >= 0.6 is 11.6 Å². The first-order valence-electron chi connectivity index (χ1n) is 9.77. The molecule has 2 aromatic heterocycles. The highest BCUT2D eigenvalue weighted by Gasteiger charge is 2.16. The summed E-state index contributed by atoms with van der Waals surface area (Å²) < 4.78 is 6.82. The van der Waals surface area contributed by atoms with Crippen LogP contribution in [0.15, 0.2) is 65.6 Å². The Morgan fingerprint density at radius 1 is 1.09 bits per heavy atom. The molecule has 0 atom stereocenters. The van der Waals surface area contributed by atoms with Crippen LogP contribution in [0, 0.1) is 0 Å². The number of pyridine rings is 1. The largest absolute Gasteiger partial charge is 0.497 e.